The number of likely N-dealkylation sites (N-methyl/N-ethyl adjacent to an activating group) is 1. The molecule has 0 amide bonds. The van der Waals surface area contributed by atoms with Crippen molar-refractivity contribution in [1.29, 1.82) is 0 Å². The highest BCUT2D eigenvalue weighted by Crippen LogP contribution is 1.84. The van der Waals surface area contributed by atoms with E-state index in [9.17, 15) is 0 Å². The molecule has 0 aromatic rings. The van der Waals surface area contributed by atoms with Crippen LogP contribution >= 0.6 is 0 Å². The van der Waals surface area contributed by atoms with Crippen molar-refractivity contribution in [2.45, 2.75) is 0 Å². The first kappa shape index (κ1) is 17.9. The number of nitrogens with zero attached hydrogens (tertiary/aromatic N) is 1. The van der Waals surface area contributed by atoms with Crippen LogP contribution in [0.15, 0.2) is 0 Å². The standard InChI is InChI=1S/C5H14NO.CH2O3.HI/c1-6(2,3)4-5-7;2-1(3)4;/h7H,4-5H2,1-3H3;(H2,2,3,4);1H/q+1;;/p-3. The van der Waals surface area contributed by atoms with Crippen LogP contribution in [0.25, 0.3) is 0 Å². The lowest BCUT2D eigenvalue weighted by atomic mass is 10.5. The molecular weight excluding hydrogens is 277 g/mol. The van der Waals surface area contributed by atoms with E-state index in [0.717, 1.165) is 11.0 Å². The minimum absolute atomic E-state index is 0. The number of aliphatic hydroxyl groups excluding tert-OH is 1. The van der Waals surface area contributed by atoms with E-state index in [1.54, 1.807) is 0 Å². The second-order valence-corrected chi connectivity index (χ2v) is 2.99. The lowest BCUT2D eigenvalue weighted by Gasteiger charge is -2.21. The highest BCUT2D eigenvalue weighted by molar-refractivity contribution is 5.47. The zero-order valence-electron chi connectivity index (χ0n) is 7.41. The van der Waals surface area contributed by atoms with Gasteiger partial charge in [0.25, 0.3) is 0 Å². The van der Waals surface area contributed by atoms with Crippen LogP contribution in [0, 0.1) is 0 Å². The van der Waals surface area contributed by atoms with Gasteiger partial charge in [0, 0.05) is 0 Å². The first-order chi connectivity index (χ1) is 4.79. The monoisotopic (exact) mass is 291 g/mol. The van der Waals surface area contributed by atoms with Gasteiger partial charge in [0.2, 0.25) is 0 Å². The van der Waals surface area contributed by atoms with Crippen LogP contribution in [0.4, 0.5) is 4.79 Å². The number of halogens is 1. The fraction of sp³-hybridized carbons (Fsp3) is 0.833. The predicted octanol–water partition coefficient (Wildman–Crippen LogP) is -5.76. The summed E-state index contributed by atoms with van der Waals surface area (Å²) in [5.74, 6) is 0. The number of carboxylic acid groups (broad SMARTS) is 2. The van der Waals surface area contributed by atoms with Crippen molar-refractivity contribution < 1.29 is 48.6 Å². The third-order valence-electron chi connectivity index (χ3n) is 0.771. The van der Waals surface area contributed by atoms with Gasteiger partial charge in [0.05, 0.1) is 27.7 Å². The van der Waals surface area contributed by atoms with Gasteiger partial charge in [0.15, 0.2) is 0 Å². The minimum Gasteiger partial charge on any atom is -1.00 e. The second kappa shape index (κ2) is 9.01. The fourth-order valence-electron chi connectivity index (χ4n) is 0.300. The number of rotatable bonds is 2. The van der Waals surface area contributed by atoms with E-state index in [0.29, 0.717) is 0 Å². The van der Waals surface area contributed by atoms with Gasteiger partial charge < -0.3 is 48.6 Å². The van der Waals surface area contributed by atoms with Gasteiger partial charge in [-0.2, -0.15) is 0 Å². The molecule has 0 fully saturated rings. The summed E-state index contributed by atoms with van der Waals surface area (Å²) in [6, 6.07) is 0. The Bertz CT molecular complexity index is 109. The smallest absolute Gasteiger partial charge is 0.101 e. The summed E-state index contributed by atoms with van der Waals surface area (Å²) < 4.78 is 0.844. The quantitative estimate of drug-likeness (QED) is 0.406. The molecule has 0 saturated carbocycles. The molecule has 0 aliphatic carbocycles. The van der Waals surface area contributed by atoms with E-state index in [4.69, 9.17) is 20.1 Å². The van der Waals surface area contributed by atoms with Gasteiger partial charge in [0.1, 0.15) is 6.54 Å². The van der Waals surface area contributed by atoms with E-state index < -0.39 is 6.16 Å². The Morgan fingerprint density at radius 3 is 1.58 bits per heavy atom. The van der Waals surface area contributed by atoms with E-state index in [-0.39, 0.29) is 30.6 Å². The maximum atomic E-state index is 8.39. The van der Waals surface area contributed by atoms with Crippen LogP contribution in [0.1, 0.15) is 0 Å². The lowest BCUT2D eigenvalue weighted by Crippen LogP contribution is -3.00. The number of carbonyl (C=O) groups excluding carboxylic acids is 1. The molecule has 0 radical (unpaired) electrons. The SMILES string of the molecule is C[N+](C)(C)CCO.O=C([O-])[O-].[I-]. The molecule has 0 saturated heterocycles. The Balaban J connectivity index is -0.000000142. The van der Waals surface area contributed by atoms with Crippen molar-refractivity contribution in [3.05, 3.63) is 0 Å². The molecule has 0 spiro atoms. The van der Waals surface area contributed by atoms with E-state index in [1.165, 1.54) is 0 Å². The fourth-order valence-corrected chi connectivity index (χ4v) is 0.300. The predicted molar refractivity (Wildman–Crippen MR) is 35.4 cm³/mol. The third kappa shape index (κ3) is 51.4. The normalized spacial score (nSPS) is 9.00. The van der Waals surface area contributed by atoms with Crippen molar-refractivity contribution >= 4 is 6.16 Å². The molecule has 5 nitrogen and oxygen atoms in total. The first-order valence-corrected chi connectivity index (χ1v) is 3.09. The van der Waals surface area contributed by atoms with Crippen molar-refractivity contribution in [1.82, 2.24) is 0 Å². The summed E-state index contributed by atoms with van der Waals surface area (Å²) in [4.78, 5) is 8.33. The zero-order valence-corrected chi connectivity index (χ0v) is 9.57. The van der Waals surface area contributed by atoms with Crippen molar-refractivity contribution in [3.8, 4) is 0 Å². The Kier molecular flexibility index (Phi) is 13.4. The van der Waals surface area contributed by atoms with Crippen LogP contribution < -0.4 is 34.2 Å². The molecule has 0 heterocycles. The first-order valence-electron chi connectivity index (χ1n) is 3.09. The molecule has 0 rings (SSSR count). The Morgan fingerprint density at radius 1 is 1.33 bits per heavy atom. The molecule has 1 N–H and O–H groups in total. The van der Waals surface area contributed by atoms with Crippen LogP contribution in [-0.4, -0.2) is 50.0 Å². The highest BCUT2D eigenvalue weighted by Gasteiger charge is 2.02. The van der Waals surface area contributed by atoms with Crippen molar-refractivity contribution in [2.24, 2.45) is 0 Å². The Morgan fingerprint density at radius 2 is 1.58 bits per heavy atom. The number of hydrogen-bond donors (Lipinski definition) is 1. The van der Waals surface area contributed by atoms with Gasteiger partial charge >= 0.3 is 0 Å². The third-order valence-corrected chi connectivity index (χ3v) is 0.771. The summed E-state index contributed by atoms with van der Waals surface area (Å²) >= 11 is 0. The largest absolute Gasteiger partial charge is 1.00 e. The molecule has 0 aliphatic rings. The number of quaternary nitrogens is 1. The zero-order chi connectivity index (χ0) is 9.49. The highest BCUT2D eigenvalue weighted by atomic mass is 127. The maximum Gasteiger partial charge on any atom is 0.101 e. The van der Waals surface area contributed by atoms with Crippen LogP contribution in [0.3, 0.4) is 0 Å². The molecule has 0 aromatic heterocycles. The number of aliphatic hydroxyl groups is 1. The van der Waals surface area contributed by atoms with Gasteiger partial charge in [-0.3, -0.25) is 0 Å². The Hall–Kier alpha value is -0.0800. The average molecular weight is 291 g/mol. The van der Waals surface area contributed by atoms with Crippen LogP contribution in [0.5, 0.6) is 0 Å². The summed E-state index contributed by atoms with van der Waals surface area (Å²) in [6.45, 7) is 1.11. The summed E-state index contributed by atoms with van der Waals surface area (Å²) in [6.07, 6.45) is -2.33. The van der Waals surface area contributed by atoms with Gasteiger partial charge in [-0.25, -0.2) is 0 Å². The summed E-state index contributed by atoms with van der Waals surface area (Å²) in [5.41, 5.74) is 0. The number of hydrogen-bond acceptors (Lipinski definition) is 4. The molecule has 0 bridgehead atoms. The van der Waals surface area contributed by atoms with E-state index in [1.807, 2.05) is 0 Å². The number of carbonyl (C=O) groups is 1. The van der Waals surface area contributed by atoms with E-state index >= 15 is 0 Å². The average Bonchev–Trinajstić information content (AvgIpc) is 1.58. The topological polar surface area (TPSA) is 83.4 Å². The molecule has 0 unspecified atom stereocenters. The van der Waals surface area contributed by atoms with Crippen molar-refractivity contribution in [2.75, 3.05) is 34.3 Å². The van der Waals surface area contributed by atoms with Gasteiger partial charge in [-0.05, 0) is 6.16 Å². The minimum atomic E-state index is -2.33. The molecule has 76 valence electrons. The van der Waals surface area contributed by atoms with Crippen LogP contribution in [0.2, 0.25) is 0 Å². The maximum absolute atomic E-state index is 8.39. The molecule has 0 aliphatic heterocycles. The Labute approximate surface area is 89.2 Å². The van der Waals surface area contributed by atoms with E-state index in [2.05, 4.69) is 21.1 Å². The molecule has 0 atom stereocenters. The van der Waals surface area contributed by atoms with Crippen molar-refractivity contribution in [3.63, 3.8) is 0 Å². The molecule has 6 heteroatoms. The summed E-state index contributed by atoms with van der Waals surface area (Å²) in [5, 5.41) is 25.1. The molecule has 12 heavy (non-hydrogen) atoms. The lowest BCUT2D eigenvalue weighted by molar-refractivity contribution is -0.870. The van der Waals surface area contributed by atoms with Gasteiger partial charge in [-0.15, -0.1) is 0 Å². The molecule has 0 aromatic carbocycles. The molecular formula is C6H14INO4-2. The van der Waals surface area contributed by atoms with Gasteiger partial charge in [-0.1, -0.05) is 0 Å². The second-order valence-electron chi connectivity index (χ2n) is 2.99. The van der Waals surface area contributed by atoms with Crippen LogP contribution in [-0.2, 0) is 0 Å². The summed E-state index contributed by atoms with van der Waals surface area (Å²) in [7, 11) is 6.16.